The van der Waals surface area contributed by atoms with Crippen LogP contribution in [0.15, 0.2) is 4.99 Å². The zero-order valence-corrected chi connectivity index (χ0v) is 11.5. The molecule has 0 fully saturated rings. The van der Waals surface area contributed by atoms with Crippen LogP contribution in [0.4, 0.5) is 0 Å². The van der Waals surface area contributed by atoms with E-state index in [1.807, 2.05) is 0 Å². The Bertz CT molecular complexity index is 333. The van der Waals surface area contributed by atoms with E-state index in [2.05, 4.69) is 22.9 Å². The van der Waals surface area contributed by atoms with Gasteiger partial charge in [-0.25, -0.2) is 4.79 Å². The molecule has 0 heterocycles. The molecule has 0 aliphatic rings. The third kappa shape index (κ3) is 8.27. The van der Waals surface area contributed by atoms with Gasteiger partial charge in [0.05, 0.1) is 6.04 Å². The van der Waals surface area contributed by atoms with Gasteiger partial charge in [0.15, 0.2) is 5.96 Å². The van der Waals surface area contributed by atoms with Crippen molar-refractivity contribution in [1.82, 2.24) is 5.32 Å². The lowest BCUT2D eigenvalue weighted by Gasteiger charge is -2.16. The minimum Gasteiger partial charge on any atom is -0.480 e. The van der Waals surface area contributed by atoms with Crippen molar-refractivity contribution in [2.24, 2.45) is 22.2 Å². The SMILES string of the molecule is NC(N)=NCCC[C@H](N)C(=O)N[C@@H](CCS)C(=O)O. The van der Waals surface area contributed by atoms with Crippen LogP contribution in [0.5, 0.6) is 0 Å². The van der Waals surface area contributed by atoms with Crippen LogP contribution in [0, 0.1) is 0 Å². The summed E-state index contributed by atoms with van der Waals surface area (Å²) in [5, 5.41) is 11.2. The first kappa shape index (κ1) is 17.5. The van der Waals surface area contributed by atoms with Crippen molar-refractivity contribution in [3.8, 4) is 0 Å². The van der Waals surface area contributed by atoms with Crippen molar-refractivity contribution in [1.29, 1.82) is 0 Å². The summed E-state index contributed by atoms with van der Waals surface area (Å²) < 4.78 is 0. The molecule has 0 aliphatic heterocycles. The van der Waals surface area contributed by atoms with Crippen molar-refractivity contribution in [3.05, 3.63) is 0 Å². The fraction of sp³-hybridized carbons (Fsp3) is 0.700. The number of hydrogen-bond donors (Lipinski definition) is 6. The number of hydrogen-bond acceptors (Lipinski definition) is 5. The van der Waals surface area contributed by atoms with Gasteiger partial charge >= 0.3 is 5.97 Å². The molecule has 8 N–H and O–H groups in total. The van der Waals surface area contributed by atoms with Gasteiger partial charge in [-0.15, -0.1) is 0 Å². The maximum atomic E-state index is 11.7. The Hall–Kier alpha value is -1.48. The van der Waals surface area contributed by atoms with Gasteiger partial charge in [-0.05, 0) is 25.0 Å². The second-order valence-electron chi connectivity index (χ2n) is 3.97. The highest BCUT2D eigenvalue weighted by molar-refractivity contribution is 7.80. The van der Waals surface area contributed by atoms with Crippen molar-refractivity contribution in [2.45, 2.75) is 31.3 Å². The van der Waals surface area contributed by atoms with E-state index < -0.39 is 24.0 Å². The molecule has 0 aromatic rings. The first-order chi connectivity index (χ1) is 8.88. The molecule has 8 nitrogen and oxygen atoms in total. The van der Waals surface area contributed by atoms with Crippen molar-refractivity contribution in [3.63, 3.8) is 0 Å². The molecule has 0 bridgehead atoms. The Morgan fingerprint density at radius 3 is 2.42 bits per heavy atom. The number of carbonyl (C=O) groups is 2. The van der Waals surface area contributed by atoms with Crippen molar-refractivity contribution in [2.75, 3.05) is 12.3 Å². The molecule has 110 valence electrons. The number of nitrogens with zero attached hydrogens (tertiary/aromatic N) is 1. The van der Waals surface area contributed by atoms with Gasteiger partial charge in [0.1, 0.15) is 6.04 Å². The van der Waals surface area contributed by atoms with E-state index in [0.717, 1.165) is 0 Å². The normalized spacial score (nSPS) is 13.4. The largest absolute Gasteiger partial charge is 0.480 e. The predicted octanol–water partition coefficient (Wildman–Crippen LogP) is -1.74. The molecule has 0 radical (unpaired) electrons. The number of thiol groups is 1. The number of aliphatic imine (C=N–C) groups is 1. The van der Waals surface area contributed by atoms with Gasteiger partial charge in [-0.1, -0.05) is 0 Å². The number of aliphatic carboxylic acids is 1. The Balaban J connectivity index is 4.10. The lowest BCUT2D eigenvalue weighted by atomic mass is 10.1. The second kappa shape index (κ2) is 9.45. The summed E-state index contributed by atoms with van der Waals surface area (Å²) in [6.07, 6.45) is 1.15. The standard InChI is InChI=1S/C10H21N5O3S/c11-6(2-1-4-14-10(12)13)8(16)15-7(3-5-19)9(17)18/h6-7,19H,1-5,11H2,(H,15,16)(H,17,18)(H4,12,13,14)/t6-,7-/m0/s1. The number of carboxylic acid groups (broad SMARTS) is 1. The van der Waals surface area contributed by atoms with Gasteiger partial charge in [0, 0.05) is 6.54 Å². The molecular weight excluding hydrogens is 270 g/mol. The van der Waals surface area contributed by atoms with Crippen LogP contribution in [-0.4, -0.2) is 47.3 Å². The lowest BCUT2D eigenvalue weighted by molar-refractivity contribution is -0.142. The highest BCUT2D eigenvalue weighted by Crippen LogP contribution is 1.99. The Kier molecular flexibility index (Phi) is 8.71. The highest BCUT2D eigenvalue weighted by atomic mass is 32.1. The maximum absolute atomic E-state index is 11.7. The van der Waals surface area contributed by atoms with Crippen LogP contribution in [-0.2, 0) is 9.59 Å². The number of amides is 1. The zero-order valence-electron chi connectivity index (χ0n) is 10.6. The summed E-state index contributed by atoms with van der Waals surface area (Å²) in [4.78, 5) is 26.3. The molecule has 19 heavy (non-hydrogen) atoms. The molecule has 0 spiro atoms. The van der Waals surface area contributed by atoms with Gasteiger partial charge in [0.25, 0.3) is 0 Å². The molecule has 0 rings (SSSR count). The first-order valence-corrected chi connectivity index (χ1v) is 6.46. The molecule has 9 heteroatoms. The van der Waals surface area contributed by atoms with Crippen LogP contribution in [0.25, 0.3) is 0 Å². The third-order valence-electron chi connectivity index (χ3n) is 2.34. The van der Waals surface area contributed by atoms with Crippen LogP contribution < -0.4 is 22.5 Å². The summed E-state index contributed by atoms with van der Waals surface area (Å²) in [5.41, 5.74) is 15.9. The number of rotatable bonds is 9. The summed E-state index contributed by atoms with van der Waals surface area (Å²) in [6, 6.07) is -1.75. The van der Waals surface area contributed by atoms with E-state index in [-0.39, 0.29) is 12.4 Å². The van der Waals surface area contributed by atoms with E-state index in [0.29, 0.717) is 25.1 Å². The lowest BCUT2D eigenvalue weighted by Crippen LogP contribution is -2.48. The van der Waals surface area contributed by atoms with E-state index >= 15 is 0 Å². The summed E-state index contributed by atoms with van der Waals surface area (Å²) in [5.74, 6) is -1.26. The molecule has 1 amide bonds. The van der Waals surface area contributed by atoms with E-state index in [9.17, 15) is 9.59 Å². The second-order valence-corrected chi connectivity index (χ2v) is 4.41. The zero-order chi connectivity index (χ0) is 14.8. The molecule has 0 aromatic carbocycles. The van der Waals surface area contributed by atoms with Gasteiger partial charge in [0.2, 0.25) is 5.91 Å². The Morgan fingerprint density at radius 1 is 1.32 bits per heavy atom. The highest BCUT2D eigenvalue weighted by Gasteiger charge is 2.22. The number of nitrogens with one attached hydrogen (secondary N) is 1. The van der Waals surface area contributed by atoms with Crippen molar-refractivity contribution < 1.29 is 14.7 Å². The summed E-state index contributed by atoms with van der Waals surface area (Å²) in [6.45, 7) is 0.377. The molecule has 0 saturated heterocycles. The average molecular weight is 291 g/mol. The van der Waals surface area contributed by atoms with E-state index in [1.54, 1.807) is 0 Å². The Morgan fingerprint density at radius 2 is 1.95 bits per heavy atom. The van der Waals surface area contributed by atoms with Crippen LogP contribution >= 0.6 is 12.6 Å². The van der Waals surface area contributed by atoms with E-state index in [4.69, 9.17) is 22.3 Å². The van der Waals surface area contributed by atoms with Gasteiger partial charge < -0.3 is 27.6 Å². The fourth-order valence-corrected chi connectivity index (χ4v) is 1.57. The minimum atomic E-state index is -1.10. The summed E-state index contributed by atoms with van der Waals surface area (Å²) >= 11 is 3.93. The molecule has 0 unspecified atom stereocenters. The third-order valence-corrected chi connectivity index (χ3v) is 2.59. The van der Waals surface area contributed by atoms with Crippen LogP contribution in [0.3, 0.4) is 0 Å². The fourth-order valence-electron chi connectivity index (χ4n) is 1.32. The monoisotopic (exact) mass is 291 g/mol. The number of nitrogens with two attached hydrogens (primary N) is 3. The quantitative estimate of drug-likeness (QED) is 0.128. The number of carboxylic acids is 1. The number of guanidine groups is 1. The number of carbonyl (C=O) groups excluding carboxylic acids is 1. The molecule has 2 atom stereocenters. The van der Waals surface area contributed by atoms with Crippen LogP contribution in [0.2, 0.25) is 0 Å². The smallest absolute Gasteiger partial charge is 0.326 e. The molecule has 0 saturated carbocycles. The predicted molar refractivity (Wildman–Crippen MR) is 75.9 cm³/mol. The first-order valence-electron chi connectivity index (χ1n) is 5.83. The van der Waals surface area contributed by atoms with Gasteiger partial charge in [-0.2, -0.15) is 12.6 Å². The average Bonchev–Trinajstić information content (AvgIpc) is 2.33. The maximum Gasteiger partial charge on any atom is 0.326 e. The Labute approximate surface area is 117 Å². The van der Waals surface area contributed by atoms with E-state index in [1.165, 1.54) is 0 Å². The van der Waals surface area contributed by atoms with Crippen LogP contribution in [0.1, 0.15) is 19.3 Å². The molecule has 0 aromatic heterocycles. The minimum absolute atomic E-state index is 0.0160. The summed E-state index contributed by atoms with van der Waals surface area (Å²) in [7, 11) is 0. The molecular formula is C10H21N5O3S. The topological polar surface area (TPSA) is 157 Å². The molecule has 0 aliphatic carbocycles. The van der Waals surface area contributed by atoms with Crippen molar-refractivity contribution >= 4 is 30.5 Å². The van der Waals surface area contributed by atoms with Gasteiger partial charge in [-0.3, -0.25) is 9.79 Å².